The molecule has 0 heterocycles. The second-order valence-electron chi connectivity index (χ2n) is 3.28. The van der Waals surface area contributed by atoms with Crippen molar-refractivity contribution in [2.45, 2.75) is 24.8 Å². The van der Waals surface area contributed by atoms with E-state index >= 15 is 0 Å². The lowest BCUT2D eigenvalue weighted by molar-refractivity contribution is 0.235. The van der Waals surface area contributed by atoms with Gasteiger partial charge in [0.05, 0.1) is 6.10 Å². The SMILES string of the molecule is CC(C)Oc1cccc(Br)c1S(N)(=O)=O. The second kappa shape index (κ2) is 4.51. The molecule has 0 unspecified atom stereocenters. The summed E-state index contributed by atoms with van der Waals surface area (Å²) in [6.45, 7) is 3.63. The van der Waals surface area contributed by atoms with E-state index in [4.69, 9.17) is 9.88 Å². The molecule has 84 valence electrons. The number of hydrogen-bond donors (Lipinski definition) is 1. The number of rotatable bonds is 3. The van der Waals surface area contributed by atoms with Crippen molar-refractivity contribution in [1.82, 2.24) is 0 Å². The van der Waals surface area contributed by atoms with Gasteiger partial charge in [0.15, 0.2) is 0 Å². The number of sulfonamides is 1. The van der Waals surface area contributed by atoms with Gasteiger partial charge in [-0.3, -0.25) is 0 Å². The zero-order chi connectivity index (χ0) is 11.6. The van der Waals surface area contributed by atoms with Gasteiger partial charge in [0, 0.05) is 4.47 Å². The van der Waals surface area contributed by atoms with E-state index in [1.807, 2.05) is 13.8 Å². The van der Waals surface area contributed by atoms with E-state index in [-0.39, 0.29) is 16.7 Å². The number of hydrogen-bond acceptors (Lipinski definition) is 3. The smallest absolute Gasteiger partial charge is 0.242 e. The molecule has 4 nitrogen and oxygen atoms in total. The van der Waals surface area contributed by atoms with Crippen LogP contribution in [-0.2, 0) is 10.0 Å². The first kappa shape index (κ1) is 12.5. The molecule has 2 N–H and O–H groups in total. The maximum atomic E-state index is 11.3. The fraction of sp³-hybridized carbons (Fsp3) is 0.333. The summed E-state index contributed by atoms with van der Waals surface area (Å²) >= 11 is 3.13. The molecule has 1 aromatic carbocycles. The van der Waals surface area contributed by atoms with Gasteiger partial charge in [-0.05, 0) is 41.9 Å². The van der Waals surface area contributed by atoms with E-state index < -0.39 is 10.0 Å². The van der Waals surface area contributed by atoms with Crippen molar-refractivity contribution in [3.8, 4) is 5.75 Å². The van der Waals surface area contributed by atoms with Gasteiger partial charge in [-0.1, -0.05) is 6.07 Å². The highest BCUT2D eigenvalue weighted by atomic mass is 79.9. The van der Waals surface area contributed by atoms with E-state index in [1.54, 1.807) is 18.2 Å². The quantitative estimate of drug-likeness (QED) is 0.925. The van der Waals surface area contributed by atoms with Gasteiger partial charge in [0.25, 0.3) is 0 Å². The van der Waals surface area contributed by atoms with Crippen molar-refractivity contribution in [1.29, 1.82) is 0 Å². The van der Waals surface area contributed by atoms with Crippen LogP contribution < -0.4 is 9.88 Å². The van der Waals surface area contributed by atoms with Gasteiger partial charge in [0.2, 0.25) is 10.0 Å². The molecular formula is C9H12BrNO3S. The third-order valence-corrected chi connectivity index (χ3v) is 3.49. The summed E-state index contributed by atoms with van der Waals surface area (Å²) in [6, 6.07) is 4.87. The molecule has 0 amide bonds. The highest BCUT2D eigenvalue weighted by molar-refractivity contribution is 9.10. The molecule has 0 radical (unpaired) electrons. The second-order valence-corrected chi connectivity index (χ2v) is 5.63. The minimum Gasteiger partial charge on any atom is -0.490 e. The van der Waals surface area contributed by atoms with Gasteiger partial charge in [0.1, 0.15) is 10.6 Å². The Labute approximate surface area is 97.6 Å². The van der Waals surface area contributed by atoms with Crippen molar-refractivity contribution < 1.29 is 13.2 Å². The summed E-state index contributed by atoms with van der Waals surface area (Å²) in [7, 11) is -3.78. The maximum absolute atomic E-state index is 11.3. The van der Waals surface area contributed by atoms with Crippen LogP contribution in [0.3, 0.4) is 0 Å². The van der Waals surface area contributed by atoms with Crippen molar-refractivity contribution in [3.05, 3.63) is 22.7 Å². The van der Waals surface area contributed by atoms with E-state index in [0.29, 0.717) is 4.47 Å². The molecule has 0 aliphatic heterocycles. The molecule has 0 spiro atoms. The van der Waals surface area contributed by atoms with Crippen LogP contribution in [0.15, 0.2) is 27.6 Å². The van der Waals surface area contributed by atoms with E-state index in [2.05, 4.69) is 15.9 Å². The molecule has 0 atom stereocenters. The first-order valence-electron chi connectivity index (χ1n) is 4.30. The van der Waals surface area contributed by atoms with Crippen LogP contribution >= 0.6 is 15.9 Å². The number of ether oxygens (including phenoxy) is 1. The van der Waals surface area contributed by atoms with Crippen molar-refractivity contribution in [3.63, 3.8) is 0 Å². The monoisotopic (exact) mass is 293 g/mol. The first-order valence-corrected chi connectivity index (χ1v) is 6.64. The number of benzene rings is 1. The predicted octanol–water partition coefficient (Wildman–Crippen LogP) is 1.88. The molecule has 1 aromatic rings. The van der Waals surface area contributed by atoms with E-state index in [0.717, 1.165) is 0 Å². The molecule has 1 rings (SSSR count). The fourth-order valence-electron chi connectivity index (χ4n) is 1.11. The lowest BCUT2D eigenvalue weighted by Crippen LogP contribution is -2.16. The van der Waals surface area contributed by atoms with Gasteiger partial charge < -0.3 is 4.74 Å². The van der Waals surface area contributed by atoms with Crippen LogP contribution in [0, 0.1) is 0 Å². The van der Waals surface area contributed by atoms with Crippen molar-refractivity contribution in [2.24, 2.45) is 5.14 Å². The lowest BCUT2D eigenvalue weighted by Gasteiger charge is -2.13. The maximum Gasteiger partial charge on any atom is 0.242 e. The van der Waals surface area contributed by atoms with Crippen molar-refractivity contribution in [2.75, 3.05) is 0 Å². The Hall–Kier alpha value is -0.590. The standard InChI is InChI=1S/C9H12BrNO3S/c1-6(2)14-8-5-3-4-7(10)9(8)15(11,12)13/h3-6H,1-2H3,(H2,11,12,13). The summed E-state index contributed by atoms with van der Waals surface area (Å²) in [5.74, 6) is 0.266. The summed E-state index contributed by atoms with van der Waals surface area (Å²) in [4.78, 5) is -0.0151. The predicted molar refractivity (Wildman–Crippen MR) is 61.3 cm³/mol. The van der Waals surface area contributed by atoms with Crippen LogP contribution in [0.5, 0.6) is 5.75 Å². The molecule has 6 heteroatoms. The topological polar surface area (TPSA) is 69.4 Å². The van der Waals surface area contributed by atoms with Crippen LogP contribution in [0.2, 0.25) is 0 Å². The van der Waals surface area contributed by atoms with Gasteiger partial charge in [-0.2, -0.15) is 0 Å². The third kappa shape index (κ3) is 3.19. The molecule has 0 saturated heterocycles. The molecule has 0 aliphatic rings. The largest absolute Gasteiger partial charge is 0.490 e. The molecule has 0 bridgehead atoms. The first-order chi connectivity index (χ1) is 6.82. The molecule has 0 fully saturated rings. The van der Waals surface area contributed by atoms with Crippen LogP contribution in [-0.4, -0.2) is 14.5 Å². The van der Waals surface area contributed by atoms with E-state index in [1.165, 1.54) is 0 Å². The Morgan fingerprint density at radius 2 is 2.00 bits per heavy atom. The van der Waals surface area contributed by atoms with Crippen LogP contribution in [0.25, 0.3) is 0 Å². The third-order valence-electron chi connectivity index (χ3n) is 1.58. The zero-order valence-corrected chi connectivity index (χ0v) is 10.8. The van der Waals surface area contributed by atoms with Gasteiger partial charge >= 0.3 is 0 Å². The van der Waals surface area contributed by atoms with Crippen LogP contribution in [0.4, 0.5) is 0 Å². The molecule has 15 heavy (non-hydrogen) atoms. The summed E-state index contributed by atoms with van der Waals surface area (Å²) < 4.78 is 28.4. The average molecular weight is 294 g/mol. The Kier molecular flexibility index (Phi) is 3.75. The van der Waals surface area contributed by atoms with Gasteiger partial charge in [-0.25, -0.2) is 13.6 Å². The molecular weight excluding hydrogens is 282 g/mol. The lowest BCUT2D eigenvalue weighted by atomic mass is 10.3. The Morgan fingerprint density at radius 3 is 2.47 bits per heavy atom. The van der Waals surface area contributed by atoms with Gasteiger partial charge in [-0.15, -0.1) is 0 Å². The summed E-state index contributed by atoms with van der Waals surface area (Å²) in [5.41, 5.74) is 0. The number of primary sulfonamides is 1. The normalized spacial score (nSPS) is 11.8. The summed E-state index contributed by atoms with van der Waals surface area (Å²) in [5, 5.41) is 5.10. The van der Waals surface area contributed by atoms with Crippen molar-refractivity contribution >= 4 is 26.0 Å². The summed E-state index contributed by atoms with van der Waals surface area (Å²) in [6.07, 6.45) is -0.111. The molecule has 0 aliphatic carbocycles. The Bertz CT molecular complexity index is 456. The molecule has 0 aromatic heterocycles. The Balaban J connectivity index is 3.34. The van der Waals surface area contributed by atoms with Crippen LogP contribution in [0.1, 0.15) is 13.8 Å². The highest BCUT2D eigenvalue weighted by Crippen LogP contribution is 2.30. The number of nitrogens with two attached hydrogens (primary N) is 1. The molecule has 0 saturated carbocycles. The average Bonchev–Trinajstić information content (AvgIpc) is 1.99. The number of halogens is 1. The minimum atomic E-state index is -3.78. The van der Waals surface area contributed by atoms with E-state index in [9.17, 15) is 8.42 Å². The Morgan fingerprint density at radius 1 is 1.40 bits per heavy atom. The zero-order valence-electron chi connectivity index (χ0n) is 8.40. The minimum absolute atomic E-state index is 0.0151. The fourth-order valence-corrected chi connectivity index (χ4v) is 2.87. The highest BCUT2D eigenvalue weighted by Gasteiger charge is 2.19.